The minimum absolute atomic E-state index is 0.00227. The van der Waals surface area contributed by atoms with Crippen molar-refractivity contribution in [1.82, 2.24) is 19.9 Å². The Morgan fingerprint density at radius 1 is 1.15 bits per heavy atom. The molecular formula is C19H16N4OS2. The van der Waals surface area contributed by atoms with Crippen molar-refractivity contribution in [2.24, 2.45) is 0 Å². The monoisotopic (exact) mass is 380 g/mol. The zero-order chi connectivity index (χ0) is 17.5. The molecule has 0 unspecified atom stereocenters. The molecule has 7 heteroatoms. The van der Waals surface area contributed by atoms with Crippen molar-refractivity contribution in [2.75, 3.05) is 0 Å². The van der Waals surface area contributed by atoms with Gasteiger partial charge in [0, 0.05) is 10.3 Å². The smallest absolute Gasteiger partial charge is 0.259 e. The first-order chi connectivity index (χ1) is 12.8. The molecule has 3 heterocycles. The number of nitrogens with zero attached hydrogens (tertiary/aromatic N) is 3. The van der Waals surface area contributed by atoms with Crippen LogP contribution in [0, 0.1) is 0 Å². The number of thioether (sulfide) groups is 1. The minimum atomic E-state index is -0.00227. The Morgan fingerprint density at radius 3 is 3.00 bits per heavy atom. The summed E-state index contributed by atoms with van der Waals surface area (Å²) >= 11 is 3.26. The third-order valence-electron chi connectivity index (χ3n) is 4.73. The molecule has 1 aromatic carbocycles. The first kappa shape index (κ1) is 16.0. The molecule has 0 fully saturated rings. The number of hydrogen-bond donors (Lipinski definition) is 1. The summed E-state index contributed by atoms with van der Waals surface area (Å²) in [6, 6.07) is 7.95. The largest absolute Gasteiger partial charge is 0.309 e. The highest BCUT2D eigenvalue weighted by Gasteiger charge is 2.19. The van der Waals surface area contributed by atoms with E-state index in [0.29, 0.717) is 11.6 Å². The SMILES string of the molecule is O=c1[nH]c(CSc2ncnc3ccccc23)nc2sc3c(c12)CCCC3. The molecule has 1 N–H and O–H groups in total. The van der Waals surface area contributed by atoms with E-state index in [-0.39, 0.29) is 5.56 Å². The van der Waals surface area contributed by atoms with Gasteiger partial charge in [0.2, 0.25) is 0 Å². The van der Waals surface area contributed by atoms with E-state index in [1.54, 1.807) is 29.4 Å². The number of para-hydroxylation sites is 1. The van der Waals surface area contributed by atoms with Gasteiger partial charge in [-0.2, -0.15) is 0 Å². The van der Waals surface area contributed by atoms with Crippen molar-refractivity contribution in [3.8, 4) is 0 Å². The number of nitrogens with one attached hydrogen (secondary N) is 1. The van der Waals surface area contributed by atoms with Gasteiger partial charge < -0.3 is 4.98 Å². The maximum absolute atomic E-state index is 12.6. The lowest BCUT2D eigenvalue weighted by Crippen LogP contribution is -2.12. The molecule has 5 nitrogen and oxygen atoms in total. The molecule has 0 amide bonds. The molecule has 26 heavy (non-hydrogen) atoms. The van der Waals surface area contributed by atoms with Crippen LogP contribution in [-0.4, -0.2) is 19.9 Å². The second-order valence-electron chi connectivity index (χ2n) is 6.39. The molecular weight excluding hydrogens is 364 g/mol. The van der Waals surface area contributed by atoms with Crippen LogP contribution in [0.25, 0.3) is 21.1 Å². The summed E-state index contributed by atoms with van der Waals surface area (Å²) in [4.78, 5) is 31.3. The number of fused-ring (bicyclic) bond motifs is 4. The Hall–Kier alpha value is -2.25. The van der Waals surface area contributed by atoms with Crippen LogP contribution >= 0.6 is 23.1 Å². The number of aromatic amines is 1. The molecule has 0 saturated heterocycles. The van der Waals surface area contributed by atoms with Crippen LogP contribution in [0.5, 0.6) is 0 Å². The summed E-state index contributed by atoms with van der Waals surface area (Å²) in [5, 5.41) is 2.74. The Kier molecular flexibility index (Phi) is 3.98. The van der Waals surface area contributed by atoms with Gasteiger partial charge in [0.1, 0.15) is 22.0 Å². The zero-order valence-electron chi connectivity index (χ0n) is 14.0. The molecule has 1 aliphatic carbocycles. The summed E-state index contributed by atoms with van der Waals surface area (Å²) < 4.78 is 0. The highest BCUT2D eigenvalue weighted by Crippen LogP contribution is 2.34. The maximum Gasteiger partial charge on any atom is 0.259 e. The van der Waals surface area contributed by atoms with E-state index in [1.807, 2.05) is 24.3 Å². The molecule has 4 aromatic rings. The standard InChI is InChI=1S/C19H16N4OS2/c24-17-16-12-6-2-4-8-14(12)26-19(16)23-15(22-17)9-25-18-11-5-1-3-7-13(11)20-10-21-18/h1,3,5,7,10H,2,4,6,8-9H2,(H,22,23,24). The Balaban J connectivity index is 1.49. The third kappa shape index (κ3) is 2.71. The highest BCUT2D eigenvalue weighted by molar-refractivity contribution is 7.98. The van der Waals surface area contributed by atoms with E-state index in [4.69, 9.17) is 4.98 Å². The van der Waals surface area contributed by atoms with Crippen molar-refractivity contribution in [3.05, 3.63) is 57.2 Å². The summed E-state index contributed by atoms with van der Waals surface area (Å²) in [6.07, 6.45) is 6.03. The summed E-state index contributed by atoms with van der Waals surface area (Å²) in [7, 11) is 0. The lowest BCUT2D eigenvalue weighted by Gasteiger charge is -2.09. The van der Waals surface area contributed by atoms with Gasteiger partial charge >= 0.3 is 0 Å². The first-order valence-corrected chi connectivity index (χ1v) is 10.5. The molecule has 0 bridgehead atoms. The van der Waals surface area contributed by atoms with Crippen molar-refractivity contribution in [1.29, 1.82) is 0 Å². The molecule has 130 valence electrons. The number of benzene rings is 1. The van der Waals surface area contributed by atoms with Gasteiger partial charge in [-0.05, 0) is 37.3 Å². The summed E-state index contributed by atoms with van der Waals surface area (Å²) in [5.41, 5.74) is 2.15. The van der Waals surface area contributed by atoms with Gasteiger partial charge in [0.05, 0.1) is 16.7 Å². The zero-order valence-corrected chi connectivity index (χ0v) is 15.6. The fraction of sp³-hybridized carbons (Fsp3) is 0.263. The van der Waals surface area contributed by atoms with Crippen LogP contribution in [0.1, 0.15) is 29.1 Å². The Bertz CT molecular complexity index is 1180. The van der Waals surface area contributed by atoms with Crippen LogP contribution in [0.4, 0.5) is 0 Å². The fourth-order valence-corrected chi connectivity index (χ4v) is 5.65. The normalized spacial score (nSPS) is 14.0. The van der Waals surface area contributed by atoms with E-state index in [2.05, 4.69) is 15.0 Å². The van der Waals surface area contributed by atoms with Gasteiger partial charge in [-0.1, -0.05) is 30.0 Å². The van der Waals surface area contributed by atoms with Crippen LogP contribution in [0.3, 0.4) is 0 Å². The van der Waals surface area contributed by atoms with E-state index < -0.39 is 0 Å². The fourth-order valence-electron chi connectivity index (χ4n) is 3.51. The van der Waals surface area contributed by atoms with Crippen LogP contribution in [0.2, 0.25) is 0 Å². The molecule has 0 aliphatic heterocycles. The van der Waals surface area contributed by atoms with Gasteiger partial charge in [0.15, 0.2) is 0 Å². The number of aryl methyl sites for hydroxylation is 2. The lowest BCUT2D eigenvalue weighted by molar-refractivity contribution is 0.700. The van der Waals surface area contributed by atoms with Crippen molar-refractivity contribution < 1.29 is 0 Å². The second-order valence-corrected chi connectivity index (χ2v) is 8.44. The average Bonchev–Trinajstić information content (AvgIpc) is 3.05. The maximum atomic E-state index is 12.6. The number of thiophene rings is 1. The van der Waals surface area contributed by atoms with Gasteiger partial charge in [-0.25, -0.2) is 15.0 Å². The quantitative estimate of drug-likeness (QED) is 0.428. The van der Waals surface area contributed by atoms with Gasteiger partial charge in [-0.15, -0.1) is 11.3 Å². The highest BCUT2D eigenvalue weighted by atomic mass is 32.2. The van der Waals surface area contributed by atoms with E-state index in [1.165, 1.54) is 16.9 Å². The summed E-state index contributed by atoms with van der Waals surface area (Å²) in [5.74, 6) is 1.28. The van der Waals surface area contributed by atoms with Crippen LogP contribution in [0.15, 0.2) is 40.4 Å². The predicted octanol–water partition coefficient (Wildman–Crippen LogP) is 4.10. The molecule has 1 aliphatic rings. The predicted molar refractivity (Wildman–Crippen MR) is 106 cm³/mol. The van der Waals surface area contributed by atoms with E-state index >= 15 is 0 Å². The Labute approximate surface area is 157 Å². The lowest BCUT2D eigenvalue weighted by atomic mass is 9.97. The van der Waals surface area contributed by atoms with Crippen LogP contribution in [-0.2, 0) is 18.6 Å². The van der Waals surface area contributed by atoms with Crippen molar-refractivity contribution >= 4 is 44.2 Å². The topological polar surface area (TPSA) is 71.5 Å². The van der Waals surface area contributed by atoms with E-state index in [0.717, 1.165) is 45.4 Å². The average molecular weight is 380 g/mol. The first-order valence-electron chi connectivity index (χ1n) is 8.65. The molecule has 0 spiro atoms. The van der Waals surface area contributed by atoms with Crippen molar-refractivity contribution in [3.63, 3.8) is 0 Å². The number of H-pyrrole nitrogens is 1. The number of aromatic nitrogens is 4. The van der Waals surface area contributed by atoms with Crippen molar-refractivity contribution in [2.45, 2.75) is 36.5 Å². The van der Waals surface area contributed by atoms with Gasteiger partial charge in [0.25, 0.3) is 5.56 Å². The van der Waals surface area contributed by atoms with E-state index in [9.17, 15) is 4.79 Å². The molecule has 0 saturated carbocycles. The Morgan fingerprint density at radius 2 is 2.04 bits per heavy atom. The second kappa shape index (κ2) is 6.48. The molecule has 3 aromatic heterocycles. The third-order valence-corrected chi connectivity index (χ3v) is 6.93. The number of hydrogen-bond acceptors (Lipinski definition) is 6. The van der Waals surface area contributed by atoms with Crippen LogP contribution < -0.4 is 5.56 Å². The molecule has 0 atom stereocenters. The minimum Gasteiger partial charge on any atom is -0.309 e. The number of rotatable bonds is 3. The summed E-state index contributed by atoms with van der Waals surface area (Å²) in [6.45, 7) is 0. The van der Waals surface area contributed by atoms with Gasteiger partial charge in [-0.3, -0.25) is 4.79 Å². The molecule has 0 radical (unpaired) electrons. The molecule has 5 rings (SSSR count).